The summed E-state index contributed by atoms with van der Waals surface area (Å²) in [7, 11) is 0. The van der Waals surface area contributed by atoms with Crippen LogP contribution in [-0.2, 0) is 4.74 Å². The molecule has 90 valence electrons. The number of rotatable bonds is 2. The Kier molecular flexibility index (Phi) is 3.85. The van der Waals surface area contributed by atoms with Crippen molar-refractivity contribution in [3.63, 3.8) is 0 Å². The summed E-state index contributed by atoms with van der Waals surface area (Å²) in [6.07, 6.45) is 0.0225. The van der Waals surface area contributed by atoms with E-state index in [2.05, 4.69) is 11.0 Å². The number of nitrogens with zero attached hydrogens (tertiary/aromatic N) is 2. The summed E-state index contributed by atoms with van der Waals surface area (Å²) in [5.41, 5.74) is 7.10. The van der Waals surface area contributed by atoms with Crippen molar-refractivity contribution in [2.45, 2.75) is 6.10 Å². The van der Waals surface area contributed by atoms with Gasteiger partial charge >= 0.3 is 0 Å². The molecule has 0 bridgehead atoms. The van der Waals surface area contributed by atoms with Crippen LogP contribution < -0.4 is 10.6 Å². The van der Waals surface area contributed by atoms with Crippen LogP contribution in [-0.4, -0.2) is 32.3 Å². The van der Waals surface area contributed by atoms with E-state index >= 15 is 0 Å². The minimum atomic E-state index is 0.0225. The first-order chi connectivity index (χ1) is 8.24. The van der Waals surface area contributed by atoms with Gasteiger partial charge in [0.2, 0.25) is 0 Å². The van der Waals surface area contributed by atoms with Crippen LogP contribution in [0.25, 0.3) is 0 Å². The maximum Gasteiger partial charge on any atom is 0.101 e. The van der Waals surface area contributed by atoms with Crippen LogP contribution in [0.1, 0.15) is 5.56 Å². The fraction of sp³-hybridized carbons (Fsp3) is 0.417. The van der Waals surface area contributed by atoms with Crippen molar-refractivity contribution < 1.29 is 4.74 Å². The van der Waals surface area contributed by atoms with Crippen molar-refractivity contribution in [2.24, 2.45) is 5.73 Å². The minimum absolute atomic E-state index is 0.0225. The number of ether oxygens (including phenoxy) is 1. The summed E-state index contributed by atoms with van der Waals surface area (Å²) in [5, 5.41) is 9.72. The molecule has 1 aliphatic heterocycles. The van der Waals surface area contributed by atoms with Crippen LogP contribution in [0.15, 0.2) is 18.2 Å². The fourth-order valence-corrected chi connectivity index (χ4v) is 2.11. The standard InChI is InChI=1S/C12H14ClN3O/c13-10-2-1-9(6-14)12(5-10)16-3-4-17-11(7-15)8-16/h1-2,5,11H,3-4,7-8,15H2. The Morgan fingerprint density at radius 1 is 1.59 bits per heavy atom. The zero-order chi connectivity index (χ0) is 12.3. The Hall–Kier alpha value is -1.28. The summed E-state index contributed by atoms with van der Waals surface area (Å²) in [5.74, 6) is 0. The fourth-order valence-electron chi connectivity index (χ4n) is 1.94. The lowest BCUT2D eigenvalue weighted by atomic mass is 10.1. The normalized spacial score (nSPS) is 20.1. The molecule has 1 saturated heterocycles. The first-order valence-electron chi connectivity index (χ1n) is 5.51. The molecule has 1 unspecified atom stereocenters. The van der Waals surface area contributed by atoms with Crippen molar-refractivity contribution in [2.75, 3.05) is 31.1 Å². The van der Waals surface area contributed by atoms with E-state index in [1.807, 2.05) is 6.07 Å². The molecule has 17 heavy (non-hydrogen) atoms. The van der Waals surface area contributed by atoms with Gasteiger partial charge in [-0.15, -0.1) is 0 Å². The Morgan fingerprint density at radius 3 is 3.12 bits per heavy atom. The number of benzene rings is 1. The lowest BCUT2D eigenvalue weighted by Crippen LogP contribution is -2.45. The van der Waals surface area contributed by atoms with Gasteiger partial charge < -0.3 is 15.4 Å². The molecule has 1 aromatic carbocycles. The average molecular weight is 252 g/mol. The molecule has 5 heteroatoms. The van der Waals surface area contributed by atoms with Gasteiger partial charge in [-0.2, -0.15) is 5.26 Å². The molecule has 0 aromatic heterocycles. The lowest BCUT2D eigenvalue weighted by molar-refractivity contribution is 0.0465. The molecule has 0 amide bonds. The molecular weight excluding hydrogens is 238 g/mol. The van der Waals surface area contributed by atoms with Gasteiger partial charge in [0.05, 0.1) is 24.0 Å². The van der Waals surface area contributed by atoms with Gasteiger partial charge in [0, 0.05) is 24.7 Å². The van der Waals surface area contributed by atoms with Gasteiger partial charge in [0.25, 0.3) is 0 Å². The highest BCUT2D eigenvalue weighted by atomic mass is 35.5. The number of hydrogen-bond donors (Lipinski definition) is 1. The third-order valence-electron chi connectivity index (χ3n) is 2.82. The molecule has 1 heterocycles. The molecular formula is C12H14ClN3O. The van der Waals surface area contributed by atoms with Crippen LogP contribution in [0.3, 0.4) is 0 Å². The van der Waals surface area contributed by atoms with Crippen molar-refractivity contribution in [3.8, 4) is 6.07 Å². The Labute approximate surface area is 106 Å². The molecule has 1 fully saturated rings. The zero-order valence-electron chi connectivity index (χ0n) is 9.40. The Morgan fingerprint density at radius 2 is 2.41 bits per heavy atom. The van der Waals surface area contributed by atoms with E-state index in [4.69, 9.17) is 27.3 Å². The maximum atomic E-state index is 9.09. The molecule has 0 radical (unpaired) electrons. The van der Waals surface area contributed by atoms with Gasteiger partial charge in [-0.1, -0.05) is 11.6 Å². The predicted molar refractivity (Wildman–Crippen MR) is 67.2 cm³/mol. The van der Waals surface area contributed by atoms with Crippen molar-refractivity contribution in [3.05, 3.63) is 28.8 Å². The highest BCUT2D eigenvalue weighted by molar-refractivity contribution is 6.30. The number of anilines is 1. The SMILES string of the molecule is N#Cc1ccc(Cl)cc1N1CCOC(CN)C1. The largest absolute Gasteiger partial charge is 0.373 e. The van der Waals surface area contributed by atoms with Gasteiger partial charge in [-0.25, -0.2) is 0 Å². The van der Waals surface area contributed by atoms with E-state index in [0.29, 0.717) is 30.3 Å². The highest BCUT2D eigenvalue weighted by Crippen LogP contribution is 2.25. The zero-order valence-corrected chi connectivity index (χ0v) is 10.2. The lowest BCUT2D eigenvalue weighted by Gasteiger charge is -2.34. The van der Waals surface area contributed by atoms with E-state index < -0.39 is 0 Å². The molecule has 4 nitrogen and oxygen atoms in total. The van der Waals surface area contributed by atoms with Crippen LogP contribution in [0.2, 0.25) is 5.02 Å². The Balaban J connectivity index is 2.27. The molecule has 0 saturated carbocycles. The summed E-state index contributed by atoms with van der Waals surface area (Å²) in [4.78, 5) is 2.10. The number of halogens is 1. The van der Waals surface area contributed by atoms with Gasteiger partial charge in [-0.05, 0) is 18.2 Å². The number of nitrogens with two attached hydrogens (primary N) is 1. The van der Waals surface area contributed by atoms with E-state index in [-0.39, 0.29) is 6.10 Å². The first-order valence-corrected chi connectivity index (χ1v) is 5.88. The predicted octanol–water partition coefficient (Wildman–Crippen LogP) is 1.38. The van der Waals surface area contributed by atoms with Gasteiger partial charge in [-0.3, -0.25) is 0 Å². The van der Waals surface area contributed by atoms with E-state index in [0.717, 1.165) is 12.2 Å². The smallest absolute Gasteiger partial charge is 0.101 e. The van der Waals surface area contributed by atoms with Crippen molar-refractivity contribution in [1.29, 1.82) is 5.26 Å². The summed E-state index contributed by atoms with van der Waals surface area (Å²) < 4.78 is 5.50. The molecule has 1 aliphatic rings. The topological polar surface area (TPSA) is 62.3 Å². The van der Waals surface area contributed by atoms with E-state index in [9.17, 15) is 0 Å². The molecule has 1 atom stereocenters. The second-order valence-electron chi connectivity index (χ2n) is 3.95. The van der Waals surface area contributed by atoms with Gasteiger partial charge in [0.15, 0.2) is 0 Å². The van der Waals surface area contributed by atoms with E-state index in [1.54, 1.807) is 12.1 Å². The number of hydrogen-bond acceptors (Lipinski definition) is 4. The molecule has 0 aliphatic carbocycles. The summed E-state index contributed by atoms with van der Waals surface area (Å²) in [6, 6.07) is 7.47. The third kappa shape index (κ3) is 2.70. The minimum Gasteiger partial charge on any atom is -0.373 e. The van der Waals surface area contributed by atoms with Gasteiger partial charge in [0.1, 0.15) is 6.07 Å². The monoisotopic (exact) mass is 251 g/mol. The number of morpholine rings is 1. The highest BCUT2D eigenvalue weighted by Gasteiger charge is 2.21. The Bertz CT molecular complexity index is 444. The summed E-state index contributed by atoms with van der Waals surface area (Å²) in [6.45, 7) is 2.56. The van der Waals surface area contributed by atoms with E-state index in [1.165, 1.54) is 0 Å². The van der Waals surface area contributed by atoms with Crippen LogP contribution in [0, 0.1) is 11.3 Å². The van der Waals surface area contributed by atoms with Crippen molar-refractivity contribution >= 4 is 17.3 Å². The second kappa shape index (κ2) is 5.37. The third-order valence-corrected chi connectivity index (χ3v) is 3.06. The molecule has 2 N–H and O–H groups in total. The van der Waals surface area contributed by atoms with Crippen LogP contribution >= 0.6 is 11.6 Å². The van der Waals surface area contributed by atoms with Crippen LogP contribution in [0.5, 0.6) is 0 Å². The second-order valence-corrected chi connectivity index (χ2v) is 4.38. The number of nitriles is 1. The summed E-state index contributed by atoms with van der Waals surface area (Å²) >= 11 is 5.97. The molecule has 2 rings (SSSR count). The average Bonchev–Trinajstić information content (AvgIpc) is 2.39. The molecule has 1 aromatic rings. The first kappa shape index (κ1) is 12.2. The quantitative estimate of drug-likeness (QED) is 0.863. The van der Waals surface area contributed by atoms with Crippen molar-refractivity contribution in [1.82, 2.24) is 0 Å². The molecule has 0 spiro atoms. The van der Waals surface area contributed by atoms with Crippen LogP contribution in [0.4, 0.5) is 5.69 Å². The maximum absolute atomic E-state index is 9.09.